The van der Waals surface area contributed by atoms with E-state index in [9.17, 15) is 4.79 Å². The molecule has 0 atom stereocenters. The van der Waals surface area contributed by atoms with Gasteiger partial charge in [-0.05, 0) is 37.8 Å². The van der Waals surface area contributed by atoms with E-state index in [1.165, 1.54) is 42.4 Å². The fourth-order valence-corrected chi connectivity index (χ4v) is 3.71. The van der Waals surface area contributed by atoms with E-state index in [0.29, 0.717) is 18.0 Å². The molecule has 0 unspecified atom stereocenters. The van der Waals surface area contributed by atoms with E-state index in [4.69, 9.17) is 0 Å². The normalized spacial score (nSPS) is 16.1. The van der Waals surface area contributed by atoms with E-state index in [0.717, 1.165) is 5.25 Å². The maximum Gasteiger partial charge on any atom is 0.147 e. The monoisotopic (exact) mass is 262 g/mol. The number of thioether (sulfide) groups is 1. The minimum atomic E-state index is 0.376. The molecule has 1 nitrogen and oxygen atoms in total. The molecular formula is C16H22OS. The lowest BCUT2D eigenvalue weighted by molar-refractivity contribution is -0.116. The molecule has 1 aromatic carbocycles. The Labute approximate surface area is 114 Å². The molecule has 1 aliphatic rings. The lowest BCUT2D eigenvalue weighted by Gasteiger charge is -2.09. The summed E-state index contributed by atoms with van der Waals surface area (Å²) in [5.41, 5.74) is 3.68. The van der Waals surface area contributed by atoms with Crippen LogP contribution < -0.4 is 0 Å². The van der Waals surface area contributed by atoms with E-state index >= 15 is 0 Å². The van der Waals surface area contributed by atoms with Gasteiger partial charge in [0, 0.05) is 11.7 Å². The molecule has 0 spiro atoms. The molecule has 0 saturated heterocycles. The highest BCUT2D eigenvalue weighted by Crippen LogP contribution is 2.29. The van der Waals surface area contributed by atoms with Crippen LogP contribution in [0, 0.1) is 13.8 Å². The van der Waals surface area contributed by atoms with Crippen LogP contribution in [-0.4, -0.2) is 16.8 Å². The van der Waals surface area contributed by atoms with Gasteiger partial charge in [0.05, 0.1) is 5.75 Å². The predicted octanol–water partition coefficient (Wildman–Crippen LogP) is 4.09. The SMILES string of the molecule is Cc1ccc(C)c(CC(=O)CSC2CCCC2)c1. The van der Waals surface area contributed by atoms with Gasteiger partial charge in [-0.15, -0.1) is 0 Å². The molecule has 0 aliphatic heterocycles. The maximum absolute atomic E-state index is 12.0. The molecule has 0 N–H and O–H groups in total. The van der Waals surface area contributed by atoms with Crippen LogP contribution in [0.25, 0.3) is 0 Å². The summed E-state index contributed by atoms with van der Waals surface area (Å²) in [5, 5.41) is 0.743. The largest absolute Gasteiger partial charge is 0.298 e. The van der Waals surface area contributed by atoms with Crippen LogP contribution in [-0.2, 0) is 11.2 Å². The summed E-state index contributed by atoms with van der Waals surface area (Å²) in [6, 6.07) is 6.37. The van der Waals surface area contributed by atoms with Gasteiger partial charge in [0.1, 0.15) is 5.78 Å². The van der Waals surface area contributed by atoms with Crippen molar-refractivity contribution in [2.75, 3.05) is 5.75 Å². The average molecular weight is 262 g/mol. The van der Waals surface area contributed by atoms with Gasteiger partial charge in [0.25, 0.3) is 0 Å². The molecule has 0 aromatic heterocycles. The first-order valence-electron chi connectivity index (χ1n) is 6.84. The fourth-order valence-electron chi connectivity index (χ4n) is 2.52. The van der Waals surface area contributed by atoms with Crippen molar-refractivity contribution in [2.45, 2.75) is 51.2 Å². The van der Waals surface area contributed by atoms with Crippen LogP contribution >= 0.6 is 11.8 Å². The number of aryl methyl sites for hydroxylation is 2. The molecule has 18 heavy (non-hydrogen) atoms. The van der Waals surface area contributed by atoms with E-state index < -0.39 is 0 Å². The van der Waals surface area contributed by atoms with Crippen LogP contribution in [0.1, 0.15) is 42.4 Å². The van der Waals surface area contributed by atoms with Crippen molar-refractivity contribution in [2.24, 2.45) is 0 Å². The molecule has 1 aliphatic carbocycles. The summed E-state index contributed by atoms with van der Waals surface area (Å²) in [6.07, 6.45) is 5.92. The highest BCUT2D eigenvalue weighted by molar-refractivity contribution is 8.00. The molecule has 2 rings (SSSR count). The number of hydrogen-bond acceptors (Lipinski definition) is 2. The quantitative estimate of drug-likeness (QED) is 0.795. The standard InChI is InChI=1S/C16H22OS/c1-12-7-8-13(2)14(9-12)10-15(17)11-18-16-5-3-4-6-16/h7-9,16H,3-6,10-11H2,1-2H3. The summed E-state index contributed by atoms with van der Waals surface area (Å²) in [5.74, 6) is 1.07. The summed E-state index contributed by atoms with van der Waals surface area (Å²) in [6.45, 7) is 4.17. The summed E-state index contributed by atoms with van der Waals surface area (Å²) < 4.78 is 0. The van der Waals surface area contributed by atoms with Gasteiger partial charge >= 0.3 is 0 Å². The van der Waals surface area contributed by atoms with E-state index in [2.05, 4.69) is 32.0 Å². The average Bonchev–Trinajstić information content (AvgIpc) is 2.84. The summed E-state index contributed by atoms with van der Waals surface area (Å²) in [7, 11) is 0. The van der Waals surface area contributed by atoms with Gasteiger partial charge in [-0.25, -0.2) is 0 Å². The first kappa shape index (κ1) is 13.7. The summed E-state index contributed by atoms with van der Waals surface area (Å²) in [4.78, 5) is 12.0. The fraction of sp³-hybridized carbons (Fsp3) is 0.562. The first-order chi connectivity index (χ1) is 8.65. The van der Waals surface area contributed by atoms with Crippen molar-refractivity contribution in [3.8, 4) is 0 Å². The van der Waals surface area contributed by atoms with Gasteiger partial charge < -0.3 is 0 Å². The van der Waals surface area contributed by atoms with Crippen molar-refractivity contribution in [3.05, 3.63) is 34.9 Å². The molecule has 0 heterocycles. The second kappa shape index (κ2) is 6.42. The molecule has 98 valence electrons. The molecule has 1 saturated carbocycles. The molecule has 2 heteroatoms. The lowest BCUT2D eigenvalue weighted by Crippen LogP contribution is -2.10. The molecule has 0 bridgehead atoms. The van der Waals surface area contributed by atoms with Gasteiger partial charge in [0.2, 0.25) is 0 Å². The Morgan fingerprint density at radius 1 is 1.28 bits per heavy atom. The Balaban J connectivity index is 1.84. The zero-order valence-corrected chi connectivity index (χ0v) is 12.2. The lowest BCUT2D eigenvalue weighted by atomic mass is 10.0. The van der Waals surface area contributed by atoms with Crippen LogP contribution in [0.4, 0.5) is 0 Å². The van der Waals surface area contributed by atoms with Gasteiger partial charge in [-0.1, -0.05) is 36.6 Å². The number of carbonyl (C=O) groups excluding carboxylic acids is 1. The maximum atomic E-state index is 12.0. The third-order valence-corrected chi connectivity index (χ3v) is 5.11. The van der Waals surface area contributed by atoms with Crippen molar-refractivity contribution < 1.29 is 4.79 Å². The Morgan fingerprint density at radius 2 is 2.00 bits per heavy atom. The van der Waals surface area contributed by atoms with Crippen LogP contribution in [0.2, 0.25) is 0 Å². The zero-order valence-electron chi connectivity index (χ0n) is 11.4. The number of ketones is 1. The van der Waals surface area contributed by atoms with Crippen molar-refractivity contribution in [1.29, 1.82) is 0 Å². The first-order valence-corrected chi connectivity index (χ1v) is 7.89. The molecule has 0 amide bonds. The van der Waals surface area contributed by atoms with Crippen molar-refractivity contribution in [1.82, 2.24) is 0 Å². The smallest absolute Gasteiger partial charge is 0.147 e. The zero-order chi connectivity index (χ0) is 13.0. The van der Waals surface area contributed by atoms with Crippen LogP contribution in [0.5, 0.6) is 0 Å². The van der Waals surface area contributed by atoms with Crippen LogP contribution in [0.15, 0.2) is 18.2 Å². The van der Waals surface area contributed by atoms with E-state index in [1.54, 1.807) is 0 Å². The van der Waals surface area contributed by atoms with Crippen LogP contribution in [0.3, 0.4) is 0 Å². The number of rotatable bonds is 5. The highest BCUT2D eigenvalue weighted by atomic mass is 32.2. The second-order valence-corrected chi connectivity index (χ2v) is 6.65. The number of Topliss-reactive ketones (excluding diaryl/α,β-unsaturated/α-hetero) is 1. The molecule has 1 fully saturated rings. The van der Waals surface area contributed by atoms with Gasteiger partial charge in [0.15, 0.2) is 0 Å². The van der Waals surface area contributed by atoms with Gasteiger partial charge in [-0.2, -0.15) is 11.8 Å². The second-order valence-electron chi connectivity index (χ2n) is 5.36. The topological polar surface area (TPSA) is 17.1 Å². The van der Waals surface area contributed by atoms with E-state index in [-0.39, 0.29) is 0 Å². The predicted molar refractivity (Wildman–Crippen MR) is 79.3 cm³/mol. The summed E-state index contributed by atoms with van der Waals surface area (Å²) >= 11 is 1.87. The third-order valence-electron chi connectivity index (χ3n) is 3.67. The number of carbonyl (C=O) groups is 1. The Kier molecular flexibility index (Phi) is 4.87. The minimum Gasteiger partial charge on any atom is -0.298 e. The third kappa shape index (κ3) is 3.88. The molecule has 1 aromatic rings. The highest BCUT2D eigenvalue weighted by Gasteiger charge is 2.17. The van der Waals surface area contributed by atoms with Gasteiger partial charge in [-0.3, -0.25) is 4.79 Å². The Bertz CT molecular complexity index is 419. The molecule has 0 radical (unpaired) electrons. The Hall–Kier alpha value is -0.760. The number of benzene rings is 1. The number of hydrogen-bond donors (Lipinski definition) is 0. The molecular weight excluding hydrogens is 240 g/mol. The van der Waals surface area contributed by atoms with E-state index in [1.807, 2.05) is 11.8 Å². The Morgan fingerprint density at radius 3 is 2.72 bits per heavy atom. The minimum absolute atomic E-state index is 0.376. The van der Waals surface area contributed by atoms with Crippen molar-refractivity contribution in [3.63, 3.8) is 0 Å². The van der Waals surface area contributed by atoms with Crippen molar-refractivity contribution >= 4 is 17.5 Å².